The third-order valence-electron chi connectivity index (χ3n) is 2.92. The molecule has 0 saturated carbocycles. The Morgan fingerprint density at radius 1 is 1.05 bits per heavy atom. The van der Waals surface area contributed by atoms with Crippen molar-refractivity contribution in [3.05, 3.63) is 65.0 Å². The number of hydrogen-bond acceptors (Lipinski definition) is 2. The lowest BCUT2D eigenvalue weighted by Crippen LogP contribution is -2.08. The second-order valence-corrected chi connectivity index (χ2v) is 4.34. The fraction of sp³-hybridized carbons (Fsp3) is 0.133. The van der Waals surface area contributed by atoms with Crippen molar-refractivity contribution in [2.75, 3.05) is 5.32 Å². The average Bonchev–Trinajstić information content (AvgIpc) is 2.43. The van der Waals surface area contributed by atoms with Crippen LogP contribution in [0.3, 0.4) is 0 Å². The number of nitriles is 1. The van der Waals surface area contributed by atoms with Crippen LogP contribution in [0.1, 0.15) is 24.1 Å². The van der Waals surface area contributed by atoms with Gasteiger partial charge in [0.15, 0.2) is 11.6 Å². The number of benzene rings is 2. The van der Waals surface area contributed by atoms with E-state index in [1.807, 2.05) is 6.07 Å². The van der Waals surface area contributed by atoms with Crippen molar-refractivity contribution in [2.24, 2.45) is 0 Å². The van der Waals surface area contributed by atoms with Gasteiger partial charge in [-0.05, 0) is 42.8 Å². The Morgan fingerprint density at radius 3 is 2.45 bits per heavy atom. The van der Waals surface area contributed by atoms with Crippen molar-refractivity contribution in [1.82, 2.24) is 0 Å². The molecule has 0 aliphatic carbocycles. The molecule has 2 rings (SSSR count). The molecule has 0 fully saturated rings. The molecule has 0 radical (unpaired) electrons. The summed E-state index contributed by atoms with van der Waals surface area (Å²) in [6.07, 6.45) is 0. The van der Waals surface area contributed by atoms with E-state index in [1.165, 1.54) is 18.2 Å². The van der Waals surface area contributed by atoms with Gasteiger partial charge >= 0.3 is 0 Å². The van der Waals surface area contributed by atoms with Crippen LogP contribution < -0.4 is 5.32 Å². The molecule has 1 unspecified atom stereocenters. The molecule has 0 bridgehead atoms. The smallest absolute Gasteiger partial charge is 0.159 e. The molecule has 1 atom stereocenters. The molecule has 0 aliphatic heterocycles. The summed E-state index contributed by atoms with van der Waals surface area (Å²) in [7, 11) is 0. The Kier molecular flexibility index (Phi) is 3.94. The van der Waals surface area contributed by atoms with Crippen LogP contribution in [0, 0.1) is 28.8 Å². The molecule has 0 aliphatic rings. The third-order valence-corrected chi connectivity index (χ3v) is 2.92. The predicted octanol–water partition coefficient (Wildman–Crippen LogP) is 4.15. The molecule has 0 aromatic heterocycles. The largest absolute Gasteiger partial charge is 0.377 e. The van der Waals surface area contributed by atoms with Crippen molar-refractivity contribution in [2.45, 2.75) is 13.0 Å². The van der Waals surface area contributed by atoms with Gasteiger partial charge in [-0.1, -0.05) is 6.07 Å². The van der Waals surface area contributed by atoms with Gasteiger partial charge in [-0.15, -0.1) is 0 Å². The van der Waals surface area contributed by atoms with E-state index >= 15 is 0 Å². The fourth-order valence-corrected chi connectivity index (χ4v) is 1.83. The summed E-state index contributed by atoms with van der Waals surface area (Å²) in [4.78, 5) is 0. The summed E-state index contributed by atoms with van der Waals surface area (Å²) in [5, 5.41) is 11.9. The minimum Gasteiger partial charge on any atom is -0.377 e. The highest BCUT2D eigenvalue weighted by molar-refractivity contribution is 5.58. The standard InChI is InChI=1S/C15H11F3N2/c1-9(10-2-4-13(17)14(18)7-10)20-15-5-3-12(16)6-11(15)8-19/h2-7,9,20H,1H3. The molecule has 5 heteroatoms. The Labute approximate surface area is 114 Å². The predicted molar refractivity (Wildman–Crippen MR) is 69.5 cm³/mol. The first-order valence-electron chi connectivity index (χ1n) is 5.92. The van der Waals surface area contributed by atoms with Gasteiger partial charge in [0, 0.05) is 6.04 Å². The maximum absolute atomic E-state index is 13.2. The van der Waals surface area contributed by atoms with Gasteiger partial charge in [0.05, 0.1) is 11.3 Å². The Hall–Kier alpha value is -2.48. The monoisotopic (exact) mass is 276 g/mol. The first-order chi connectivity index (χ1) is 9.51. The molecule has 0 saturated heterocycles. The average molecular weight is 276 g/mol. The highest BCUT2D eigenvalue weighted by atomic mass is 19.2. The zero-order valence-electron chi connectivity index (χ0n) is 10.6. The van der Waals surface area contributed by atoms with Crippen molar-refractivity contribution in [3.8, 4) is 6.07 Å². The van der Waals surface area contributed by atoms with Crippen molar-refractivity contribution in [1.29, 1.82) is 5.26 Å². The van der Waals surface area contributed by atoms with Crippen LogP contribution in [0.5, 0.6) is 0 Å². The minimum atomic E-state index is -0.934. The quantitative estimate of drug-likeness (QED) is 0.914. The van der Waals surface area contributed by atoms with Gasteiger partial charge in [-0.3, -0.25) is 0 Å². The lowest BCUT2D eigenvalue weighted by atomic mass is 10.1. The van der Waals surface area contributed by atoms with Crippen LogP contribution in [0.25, 0.3) is 0 Å². The van der Waals surface area contributed by atoms with E-state index in [0.29, 0.717) is 11.3 Å². The zero-order chi connectivity index (χ0) is 14.7. The molecule has 2 nitrogen and oxygen atoms in total. The van der Waals surface area contributed by atoms with E-state index in [2.05, 4.69) is 5.32 Å². The lowest BCUT2D eigenvalue weighted by molar-refractivity contribution is 0.506. The van der Waals surface area contributed by atoms with E-state index in [-0.39, 0.29) is 11.6 Å². The van der Waals surface area contributed by atoms with Crippen LogP contribution >= 0.6 is 0 Å². The number of halogens is 3. The topological polar surface area (TPSA) is 35.8 Å². The van der Waals surface area contributed by atoms with Crippen LogP contribution in [-0.4, -0.2) is 0 Å². The number of anilines is 1. The minimum absolute atomic E-state index is 0.152. The number of nitrogens with one attached hydrogen (secondary N) is 1. The fourth-order valence-electron chi connectivity index (χ4n) is 1.83. The second-order valence-electron chi connectivity index (χ2n) is 4.34. The van der Waals surface area contributed by atoms with Gasteiger partial charge in [-0.25, -0.2) is 13.2 Å². The maximum Gasteiger partial charge on any atom is 0.159 e. The van der Waals surface area contributed by atoms with Crippen molar-refractivity contribution in [3.63, 3.8) is 0 Å². The third kappa shape index (κ3) is 2.91. The molecule has 0 heterocycles. The number of rotatable bonds is 3. The van der Waals surface area contributed by atoms with Gasteiger partial charge < -0.3 is 5.32 Å². The summed E-state index contributed by atoms with van der Waals surface area (Å²) in [5.41, 5.74) is 1.11. The molecule has 1 N–H and O–H groups in total. The van der Waals surface area contributed by atoms with Crippen molar-refractivity contribution >= 4 is 5.69 Å². The number of hydrogen-bond donors (Lipinski definition) is 1. The van der Waals surface area contributed by atoms with Crippen LogP contribution in [0.4, 0.5) is 18.9 Å². The summed E-state index contributed by atoms with van der Waals surface area (Å²) >= 11 is 0. The molecule has 2 aromatic rings. The lowest BCUT2D eigenvalue weighted by Gasteiger charge is -2.17. The zero-order valence-corrected chi connectivity index (χ0v) is 10.6. The number of nitrogens with zero attached hydrogens (tertiary/aromatic N) is 1. The molecular formula is C15H11F3N2. The maximum atomic E-state index is 13.2. The Bertz CT molecular complexity index is 677. The first kappa shape index (κ1) is 13.9. The van der Waals surface area contributed by atoms with Gasteiger partial charge in [0.2, 0.25) is 0 Å². The molecule has 0 amide bonds. The molecule has 0 spiro atoms. The van der Waals surface area contributed by atoms with E-state index in [0.717, 1.165) is 18.2 Å². The first-order valence-corrected chi connectivity index (χ1v) is 5.92. The SMILES string of the molecule is CC(Nc1ccc(F)cc1C#N)c1ccc(F)c(F)c1. The van der Waals surface area contributed by atoms with Crippen molar-refractivity contribution < 1.29 is 13.2 Å². The summed E-state index contributed by atoms with van der Waals surface area (Å²) in [6, 6.07) is 8.86. The van der Waals surface area contributed by atoms with Gasteiger partial charge in [-0.2, -0.15) is 5.26 Å². The molecular weight excluding hydrogens is 265 g/mol. The van der Waals surface area contributed by atoms with Crippen LogP contribution in [0.15, 0.2) is 36.4 Å². The highest BCUT2D eigenvalue weighted by Gasteiger charge is 2.11. The van der Waals surface area contributed by atoms with E-state index < -0.39 is 17.5 Å². The van der Waals surface area contributed by atoms with Gasteiger partial charge in [0.1, 0.15) is 11.9 Å². The molecule has 102 valence electrons. The van der Waals surface area contributed by atoms with Crippen LogP contribution in [-0.2, 0) is 0 Å². The molecule has 2 aromatic carbocycles. The Balaban J connectivity index is 2.25. The summed E-state index contributed by atoms with van der Waals surface area (Å²) < 4.78 is 39.1. The van der Waals surface area contributed by atoms with E-state index in [9.17, 15) is 13.2 Å². The van der Waals surface area contributed by atoms with E-state index in [1.54, 1.807) is 6.92 Å². The summed E-state index contributed by atoms with van der Waals surface area (Å²) in [5.74, 6) is -2.36. The summed E-state index contributed by atoms with van der Waals surface area (Å²) in [6.45, 7) is 1.73. The normalized spacial score (nSPS) is 11.8. The highest BCUT2D eigenvalue weighted by Crippen LogP contribution is 2.23. The van der Waals surface area contributed by atoms with Crippen LogP contribution in [0.2, 0.25) is 0 Å². The van der Waals surface area contributed by atoms with E-state index in [4.69, 9.17) is 5.26 Å². The Morgan fingerprint density at radius 2 is 1.80 bits per heavy atom. The van der Waals surface area contributed by atoms with Gasteiger partial charge in [0.25, 0.3) is 0 Å². The molecule has 20 heavy (non-hydrogen) atoms. The second kappa shape index (κ2) is 5.66.